The summed E-state index contributed by atoms with van der Waals surface area (Å²) in [5.74, 6) is 0.851. The molecule has 0 bridgehead atoms. The molecule has 2 aliphatic rings. The molecule has 0 amide bonds. The van der Waals surface area contributed by atoms with Gasteiger partial charge in [0.15, 0.2) is 0 Å². The monoisotopic (exact) mass is 463 g/mol. The molecule has 182 valence electrons. The summed E-state index contributed by atoms with van der Waals surface area (Å²) in [4.78, 5) is 10.5. The Labute approximate surface area is 203 Å². The summed E-state index contributed by atoms with van der Waals surface area (Å²) >= 11 is 0. The third-order valence-electron chi connectivity index (χ3n) is 6.42. The van der Waals surface area contributed by atoms with E-state index >= 15 is 0 Å². The van der Waals surface area contributed by atoms with Gasteiger partial charge in [0, 0.05) is 39.3 Å². The zero-order valence-corrected chi connectivity index (χ0v) is 20.2. The van der Waals surface area contributed by atoms with Crippen LogP contribution in [0.3, 0.4) is 0 Å². The molecule has 6 nitrogen and oxygen atoms in total. The highest BCUT2D eigenvalue weighted by molar-refractivity contribution is 5.59. The Morgan fingerprint density at radius 1 is 1.03 bits per heavy atom. The van der Waals surface area contributed by atoms with Crippen LogP contribution in [0.2, 0.25) is 0 Å². The van der Waals surface area contributed by atoms with E-state index in [0.29, 0.717) is 6.54 Å². The number of methoxy groups -OCH3 is 1. The van der Waals surface area contributed by atoms with E-state index in [-0.39, 0.29) is 6.61 Å². The standard InChI is InChI=1S/C28H37N3O3/c1-33-27-12-7-10-24(19-27)18-25-11-5-6-13-28(25)29-34-22-26(32)21-31-16-14-30(15-17-31)20-23-8-3-2-4-9-23/h2-4,7-10,12-13,18-19,26,29,32H,5-6,11,14-17,20-22H2,1H3/t26-/m0/s1. The Hall–Kier alpha value is -2.64. The molecule has 2 N–H and O–H groups in total. The number of hydrogen-bond acceptors (Lipinski definition) is 6. The molecule has 0 unspecified atom stereocenters. The molecule has 2 aromatic rings. The van der Waals surface area contributed by atoms with Crippen LogP contribution in [0.1, 0.15) is 30.4 Å². The number of hydrogen-bond donors (Lipinski definition) is 2. The van der Waals surface area contributed by atoms with E-state index in [1.165, 1.54) is 11.1 Å². The van der Waals surface area contributed by atoms with E-state index in [1.807, 2.05) is 18.2 Å². The average molecular weight is 464 g/mol. The summed E-state index contributed by atoms with van der Waals surface area (Å²) in [6.07, 6.45) is 6.97. The van der Waals surface area contributed by atoms with Gasteiger partial charge >= 0.3 is 0 Å². The number of ether oxygens (including phenoxy) is 1. The molecule has 1 fully saturated rings. The molecule has 0 radical (unpaired) electrons. The van der Waals surface area contributed by atoms with E-state index in [4.69, 9.17) is 9.57 Å². The molecule has 1 saturated heterocycles. The van der Waals surface area contributed by atoms with E-state index in [0.717, 1.165) is 69.0 Å². The summed E-state index contributed by atoms with van der Waals surface area (Å²) in [6.45, 7) is 5.86. The van der Waals surface area contributed by atoms with Crippen molar-refractivity contribution in [3.63, 3.8) is 0 Å². The smallest absolute Gasteiger partial charge is 0.119 e. The predicted molar refractivity (Wildman–Crippen MR) is 136 cm³/mol. The number of aliphatic hydroxyl groups excluding tert-OH is 1. The fourth-order valence-corrected chi connectivity index (χ4v) is 4.53. The van der Waals surface area contributed by atoms with Crippen LogP contribution in [0.15, 0.2) is 71.9 Å². The Bertz CT molecular complexity index is 952. The van der Waals surface area contributed by atoms with E-state index < -0.39 is 6.10 Å². The summed E-state index contributed by atoms with van der Waals surface area (Å²) < 4.78 is 5.34. The Kier molecular flexibility index (Phi) is 9.16. The lowest BCUT2D eigenvalue weighted by Gasteiger charge is -2.35. The molecule has 0 aromatic heterocycles. The molecule has 0 saturated carbocycles. The molecule has 0 spiro atoms. The van der Waals surface area contributed by atoms with Gasteiger partial charge in [-0.2, -0.15) is 0 Å². The van der Waals surface area contributed by atoms with Crippen LogP contribution >= 0.6 is 0 Å². The van der Waals surface area contributed by atoms with Gasteiger partial charge in [0.1, 0.15) is 12.4 Å². The lowest BCUT2D eigenvalue weighted by Crippen LogP contribution is -2.48. The number of piperazine rings is 1. The zero-order valence-electron chi connectivity index (χ0n) is 20.2. The number of β-amino-alcohol motifs (C(OH)–C–C–N with tert-alkyl or cyclic N) is 1. The second-order valence-corrected chi connectivity index (χ2v) is 9.09. The first-order chi connectivity index (χ1) is 16.7. The summed E-state index contributed by atoms with van der Waals surface area (Å²) in [6, 6.07) is 18.7. The maximum absolute atomic E-state index is 10.5. The number of allylic oxidation sites excluding steroid dienone is 2. The number of aliphatic hydroxyl groups is 1. The van der Waals surface area contributed by atoms with Crippen LogP contribution in [0.5, 0.6) is 5.75 Å². The summed E-state index contributed by atoms with van der Waals surface area (Å²) in [5, 5.41) is 10.5. The molecular formula is C28H37N3O3. The van der Waals surface area contributed by atoms with Crippen LogP contribution < -0.4 is 10.2 Å². The van der Waals surface area contributed by atoms with E-state index in [2.05, 4.69) is 63.8 Å². The number of benzene rings is 2. The van der Waals surface area contributed by atoms with Gasteiger partial charge in [-0.3, -0.25) is 20.1 Å². The second-order valence-electron chi connectivity index (χ2n) is 9.09. The van der Waals surface area contributed by atoms with Gasteiger partial charge in [0.2, 0.25) is 0 Å². The molecule has 6 heteroatoms. The van der Waals surface area contributed by atoms with Crippen molar-refractivity contribution in [2.45, 2.75) is 31.9 Å². The quantitative estimate of drug-likeness (QED) is 0.522. The van der Waals surface area contributed by atoms with Crippen LogP contribution in [-0.4, -0.2) is 67.5 Å². The van der Waals surface area contributed by atoms with Crippen molar-refractivity contribution < 1.29 is 14.7 Å². The lowest BCUT2D eigenvalue weighted by atomic mass is 9.96. The highest BCUT2D eigenvalue weighted by Crippen LogP contribution is 2.25. The fraction of sp³-hybridized carbons (Fsp3) is 0.429. The second kappa shape index (κ2) is 12.7. The van der Waals surface area contributed by atoms with Crippen molar-refractivity contribution in [2.75, 3.05) is 46.4 Å². The first-order valence-corrected chi connectivity index (χ1v) is 12.3. The zero-order chi connectivity index (χ0) is 23.6. The van der Waals surface area contributed by atoms with Gasteiger partial charge in [-0.05, 0) is 54.2 Å². The third-order valence-corrected chi connectivity index (χ3v) is 6.42. The Morgan fingerprint density at radius 3 is 2.62 bits per heavy atom. The van der Waals surface area contributed by atoms with Crippen molar-refractivity contribution in [1.29, 1.82) is 0 Å². The van der Waals surface area contributed by atoms with Gasteiger partial charge in [-0.1, -0.05) is 48.5 Å². The van der Waals surface area contributed by atoms with E-state index in [1.54, 1.807) is 7.11 Å². The highest BCUT2D eigenvalue weighted by Gasteiger charge is 2.20. The minimum absolute atomic E-state index is 0.258. The van der Waals surface area contributed by atoms with Gasteiger partial charge in [-0.25, -0.2) is 0 Å². The lowest BCUT2D eigenvalue weighted by molar-refractivity contribution is -0.0235. The summed E-state index contributed by atoms with van der Waals surface area (Å²) in [5.41, 5.74) is 7.77. The normalized spacial score (nSPS) is 19.6. The number of nitrogens with one attached hydrogen (secondary N) is 1. The first-order valence-electron chi connectivity index (χ1n) is 12.3. The van der Waals surface area contributed by atoms with E-state index in [9.17, 15) is 5.11 Å². The Morgan fingerprint density at radius 2 is 1.82 bits per heavy atom. The SMILES string of the molecule is COc1cccc(C=C2CCCC=C2NOC[C@@H](O)CN2CCN(Cc3ccccc3)CC2)c1. The molecule has 2 aromatic carbocycles. The number of nitrogens with zero attached hydrogens (tertiary/aromatic N) is 2. The molecule has 1 aliphatic carbocycles. The minimum Gasteiger partial charge on any atom is -0.497 e. The van der Waals surface area contributed by atoms with Gasteiger partial charge < -0.3 is 9.84 Å². The van der Waals surface area contributed by atoms with Crippen LogP contribution in [-0.2, 0) is 11.4 Å². The largest absolute Gasteiger partial charge is 0.497 e. The average Bonchev–Trinajstić information content (AvgIpc) is 2.87. The van der Waals surface area contributed by atoms with Gasteiger partial charge in [-0.15, -0.1) is 0 Å². The van der Waals surface area contributed by atoms with Crippen molar-refractivity contribution in [3.05, 3.63) is 83.1 Å². The predicted octanol–water partition coefficient (Wildman–Crippen LogP) is 3.85. The minimum atomic E-state index is -0.525. The van der Waals surface area contributed by atoms with Crippen molar-refractivity contribution in [1.82, 2.24) is 15.3 Å². The van der Waals surface area contributed by atoms with Gasteiger partial charge in [0.05, 0.1) is 18.9 Å². The maximum atomic E-state index is 10.5. The fourth-order valence-electron chi connectivity index (χ4n) is 4.53. The topological polar surface area (TPSA) is 57.2 Å². The van der Waals surface area contributed by atoms with Crippen molar-refractivity contribution in [3.8, 4) is 5.75 Å². The molecule has 1 atom stereocenters. The Balaban J connectivity index is 1.19. The molecular weight excluding hydrogens is 426 g/mol. The van der Waals surface area contributed by atoms with Crippen molar-refractivity contribution in [2.24, 2.45) is 0 Å². The van der Waals surface area contributed by atoms with Crippen LogP contribution in [0, 0.1) is 0 Å². The highest BCUT2D eigenvalue weighted by atomic mass is 16.6. The first kappa shape index (κ1) is 24.5. The van der Waals surface area contributed by atoms with Crippen molar-refractivity contribution >= 4 is 6.08 Å². The summed E-state index contributed by atoms with van der Waals surface area (Å²) in [7, 11) is 1.68. The van der Waals surface area contributed by atoms with Crippen LogP contribution in [0.4, 0.5) is 0 Å². The number of hydroxylamine groups is 1. The maximum Gasteiger partial charge on any atom is 0.119 e. The molecule has 1 heterocycles. The third kappa shape index (κ3) is 7.43. The molecule has 34 heavy (non-hydrogen) atoms. The van der Waals surface area contributed by atoms with Gasteiger partial charge in [0.25, 0.3) is 0 Å². The molecule has 1 aliphatic heterocycles. The molecule has 4 rings (SSSR count). The van der Waals surface area contributed by atoms with Crippen LogP contribution in [0.25, 0.3) is 6.08 Å². The number of rotatable bonds is 10.